The molecule has 0 amide bonds. The summed E-state index contributed by atoms with van der Waals surface area (Å²) in [5.41, 5.74) is 1.70. The van der Waals surface area contributed by atoms with Gasteiger partial charge in [-0.25, -0.2) is 4.98 Å². The zero-order valence-corrected chi connectivity index (χ0v) is 11.0. The molecule has 4 nitrogen and oxygen atoms in total. The van der Waals surface area contributed by atoms with Crippen molar-refractivity contribution in [2.75, 3.05) is 0 Å². The third-order valence-corrected chi connectivity index (χ3v) is 2.92. The van der Waals surface area contributed by atoms with E-state index in [9.17, 15) is 13.2 Å². The van der Waals surface area contributed by atoms with E-state index in [1.165, 1.54) is 24.3 Å². The summed E-state index contributed by atoms with van der Waals surface area (Å²) < 4.78 is 40.2. The third-order valence-electron chi connectivity index (χ3n) is 2.75. The van der Waals surface area contributed by atoms with E-state index in [0.717, 1.165) is 5.39 Å². The SMILES string of the molecule is FC(F)(F)Oc1ccc(-c2nc(Cl)nc3[nH]ccc23)cc1. The summed E-state index contributed by atoms with van der Waals surface area (Å²) in [6, 6.07) is 7.16. The minimum absolute atomic E-state index is 0.0515. The Morgan fingerprint density at radius 2 is 1.76 bits per heavy atom. The van der Waals surface area contributed by atoms with Gasteiger partial charge in [0.05, 0.1) is 5.69 Å². The summed E-state index contributed by atoms with van der Waals surface area (Å²) >= 11 is 5.83. The number of ether oxygens (including phenoxy) is 1. The number of nitrogens with one attached hydrogen (secondary N) is 1. The first-order valence-electron chi connectivity index (χ1n) is 5.79. The van der Waals surface area contributed by atoms with E-state index in [-0.39, 0.29) is 11.0 Å². The van der Waals surface area contributed by atoms with Gasteiger partial charge in [-0.15, -0.1) is 13.2 Å². The quantitative estimate of drug-likeness (QED) is 0.722. The molecule has 108 valence electrons. The van der Waals surface area contributed by atoms with Gasteiger partial charge in [0.15, 0.2) is 0 Å². The first-order valence-corrected chi connectivity index (χ1v) is 6.17. The Balaban J connectivity index is 2.01. The predicted octanol–water partition coefficient (Wildman–Crippen LogP) is 4.18. The molecule has 1 N–H and O–H groups in total. The summed E-state index contributed by atoms with van der Waals surface area (Å²) in [6.45, 7) is 0. The van der Waals surface area contributed by atoms with Crippen LogP contribution in [0.4, 0.5) is 13.2 Å². The highest BCUT2D eigenvalue weighted by Gasteiger charge is 2.31. The Hall–Kier alpha value is -2.28. The zero-order valence-electron chi connectivity index (χ0n) is 10.3. The molecule has 0 aliphatic carbocycles. The maximum atomic E-state index is 12.1. The van der Waals surface area contributed by atoms with Crippen LogP contribution in [0.25, 0.3) is 22.3 Å². The van der Waals surface area contributed by atoms with Crippen LogP contribution in [-0.4, -0.2) is 21.3 Å². The van der Waals surface area contributed by atoms with Gasteiger partial charge >= 0.3 is 6.36 Å². The van der Waals surface area contributed by atoms with Crippen molar-refractivity contribution in [1.29, 1.82) is 0 Å². The van der Waals surface area contributed by atoms with Crippen LogP contribution >= 0.6 is 11.6 Å². The van der Waals surface area contributed by atoms with Crippen molar-refractivity contribution < 1.29 is 17.9 Å². The van der Waals surface area contributed by atoms with Gasteiger partial charge in [-0.1, -0.05) is 0 Å². The Bertz CT molecular complexity index is 783. The average Bonchev–Trinajstić information content (AvgIpc) is 2.85. The molecular formula is C13H7ClF3N3O. The lowest BCUT2D eigenvalue weighted by atomic mass is 10.1. The third kappa shape index (κ3) is 2.92. The second-order valence-corrected chi connectivity index (χ2v) is 4.49. The van der Waals surface area contributed by atoms with Crippen molar-refractivity contribution in [3.63, 3.8) is 0 Å². The van der Waals surface area contributed by atoms with Crippen LogP contribution in [0.1, 0.15) is 0 Å². The molecule has 0 saturated heterocycles. The smallest absolute Gasteiger partial charge is 0.406 e. The van der Waals surface area contributed by atoms with Crippen molar-refractivity contribution in [3.05, 3.63) is 41.8 Å². The zero-order chi connectivity index (χ0) is 15.0. The number of fused-ring (bicyclic) bond motifs is 1. The minimum Gasteiger partial charge on any atom is -0.406 e. The molecule has 3 aromatic rings. The lowest BCUT2D eigenvalue weighted by Gasteiger charge is -2.09. The van der Waals surface area contributed by atoms with Crippen LogP contribution in [0.15, 0.2) is 36.5 Å². The number of hydrogen-bond acceptors (Lipinski definition) is 3. The molecule has 2 heterocycles. The molecule has 3 rings (SSSR count). The van der Waals surface area contributed by atoms with E-state index in [1.54, 1.807) is 12.3 Å². The van der Waals surface area contributed by atoms with Gasteiger partial charge in [0.2, 0.25) is 5.28 Å². The van der Waals surface area contributed by atoms with E-state index in [2.05, 4.69) is 19.7 Å². The number of aromatic nitrogens is 3. The Morgan fingerprint density at radius 1 is 1.05 bits per heavy atom. The number of aromatic amines is 1. The largest absolute Gasteiger partial charge is 0.573 e. The normalized spacial score (nSPS) is 11.8. The van der Waals surface area contributed by atoms with E-state index >= 15 is 0 Å². The monoisotopic (exact) mass is 313 g/mol. The number of alkyl halides is 3. The van der Waals surface area contributed by atoms with Crippen molar-refractivity contribution in [2.45, 2.75) is 6.36 Å². The van der Waals surface area contributed by atoms with Gasteiger partial charge < -0.3 is 9.72 Å². The first-order chi connectivity index (χ1) is 9.92. The van der Waals surface area contributed by atoms with E-state index < -0.39 is 6.36 Å². The fourth-order valence-electron chi connectivity index (χ4n) is 1.95. The van der Waals surface area contributed by atoms with Crippen molar-refractivity contribution in [3.8, 4) is 17.0 Å². The predicted molar refractivity (Wildman–Crippen MR) is 71.0 cm³/mol. The summed E-state index contributed by atoms with van der Waals surface area (Å²) in [6.07, 6.45) is -3.03. The lowest BCUT2D eigenvalue weighted by Crippen LogP contribution is -2.16. The van der Waals surface area contributed by atoms with Crippen LogP contribution in [0, 0.1) is 0 Å². The van der Waals surface area contributed by atoms with Gasteiger partial charge in [0.25, 0.3) is 0 Å². The van der Waals surface area contributed by atoms with Gasteiger partial charge in [-0.2, -0.15) is 4.98 Å². The minimum atomic E-state index is -4.71. The second kappa shape index (κ2) is 4.92. The van der Waals surface area contributed by atoms with Crippen LogP contribution in [0.2, 0.25) is 5.28 Å². The van der Waals surface area contributed by atoms with Crippen LogP contribution < -0.4 is 4.74 Å². The van der Waals surface area contributed by atoms with Gasteiger partial charge in [-0.05, 0) is 41.9 Å². The first kappa shape index (κ1) is 13.7. The maximum absolute atomic E-state index is 12.1. The molecule has 0 saturated carbocycles. The molecule has 0 aliphatic heterocycles. The molecular weight excluding hydrogens is 307 g/mol. The molecule has 8 heteroatoms. The van der Waals surface area contributed by atoms with Gasteiger partial charge in [0, 0.05) is 17.1 Å². The van der Waals surface area contributed by atoms with Gasteiger partial charge in [0.1, 0.15) is 11.4 Å². The average molecular weight is 314 g/mol. The Kier molecular flexibility index (Phi) is 3.21. The van der Waals surface area contributed by atoms with Crippen LogP contribution in [-0.2, 0) is 0 Å². The molecule has 1 aromatic carbocycles. The van der Waals surface area contributed by atoms with E-state index in [4.69, 9.17) is 11.6 Å². The Morgan fingerprint density at radius 3 is 2.43 bits per heavy atom. The van der Waals surface area contributed by atoms with Gasteiger partial charge in [-0.3, -0.25) is 0 Å². The second-order valence-electron chi connectivity index (χ2n) is 4.15. The standard InChI is InChI=1S/C13H7ClF3N3O/c14-12-19-10(9-5-6-18-11(9)20-12)7-1-3-8(4-2-7)21-13(15,16)17/h1-6H,(H,18,19,20). The number of H-pyrrole nitrogens is 1. The highest BCUT2D eigenvalue weighted by atomic mass is 35.5. The van der Waals surface area contributed by atoms with E-state index in [1.807, 2.05) is 0 Å². The molecule has 0 atom stereocenters. The molecule has 21 heavy (non-hydrogen) atoms. The summed E-state index contributed by atoms with van der Waals surface area (Å²) in [5, 5.41) is 0.777. The highest BCUT2D eigenvalue weighted by molar-refractivity contribution is 6.28. The molecule has 0 fully saturated rings. The number of nitrogens with zero attached hydrogens (tertiary/aromatic N) is 2. The summed E-state index contributed by atoms with van der Waals surface area (Å²) in [7, 11) is 0. The molecule has 0 unspecified atom stereocenters. The molecule has 0 aliphatic rings. The van der Waals surface area contributed by atoms with Crippen LogP contribution in [0.5, 0.6) is 5.75 Å². The molecule has 0 spiro atoms. The van der Waals surface area contributed by atoms with Crippen molar-refractivity contribution >= 4 is 22.6 Å². The summed E-state index contributed by atoms with van der Waals surface area (Å²) in [4.78, 5) is 11.0. The number of rotatable bonds is 2. The lowest BCUT2D eigenvalue weighted by molar-refractivity contribution is -0.274. The summed E-state index contributed by atoms with van der Waals surface area (Å²) in [5.74, 6) is -0.295. The van der Waals surface area contributed by atoms with E-state index in [0.29, 0.717) is 16.9 Å². The van der Waals surface area contributed by atoms with Crippen LogP contribution in [0.3, 0.4) is 0 Å². The van der Waals surface area contributed by atoms with Crippen molar-refractivity contribution in [2.24, 2.45) is 0 Å². The fourth-order valence-corrected chi connectivity index (χ4v) is 2.12. The maximum Gasteiger partial charge on any atom is 0.573 e. The molecule has 2 aromatic heterocycles. The fraction of sp³-hybridized carbons (Fsp3) is 0.0769. The highest BCUT2D eigenvalue weighted by Crippen LogP contribution is 2.29. The molecule has 0 radical (unpaired) electrons. The Labute approximate surface area is 121 Å². The number of hydrogen-bond donors (Lipinski definition) is 1. The number of benzene rings is 1. The molecule has 0 bridgehead atoms. The van der Waals surface area contributed by atoms with Crippen molar-refractivity contribution in [1.82, 2.24) is 15.0 Å². The topological polar surface area (TPSA) is 50.8 Å². The number of halogens is 4.